The number of rotatable bonds is 9. The van der Waals surface area contributed by atoms with Crippen LogP contribution in [-0.2, 0) is 21.9 Å². The Kier molecular flexibility index (Phi) is 8.39. The van der Waals surface area contributed by atoms with Crippen molar-refractivity contribution >= 4 is 23.6 Å². The highest BCUT2D eigenvalue weighted by molar-refractivity contribution is 7.99. The largest absolute Gasteiger partial charge is 0.497 e. The van der Waals surface area contributed by atoms with E-state index in [0.717, 1.165) is 28.2 Å². The van der Waals surface area contributed by atoms with Crippen molar-refractivity contribution in [1.29, 1.82) is 0 Å². The number of carbonyl (C=O) groups is 2. The fourth-order valence-electron chi connectivity index (χ4n) is 2.82. The Hall–Kier alpha value is -2.47. The molecule has 28 heavy (non-hydrogen) atoms. The van der Waals surface area contributed by atoms with E-state index in [1.54, 1.807) is 37.7 Å². The van der Waals surface area contributed by atoms with Gasteiger partial charge in [-0.3, -0.25) is 9.59 Å². The molecule has 0 spiro atoms. The summed E-state index contributed by atoms with van der Waals surface area (Å²) in [6, 6.07) is 15.2. The zero-order valence-corrected chi connectivity index (χ0v) is 17.7. The van der Waals surface area contributed by atoms with Crippen LogP contribution in [0.4, 0.5) is 0 Å². The maximum atomic E-state index is 12.9. The Morgan fingerprint density at radius 3 is 2.43 bits per heavy atom. The number of likely N-dealkylation sites (N-methyl/N-ethyl adjacent to an activating group) is 1. The van der Waals surface area contributed by atoms with Gasteiger partial charge in [0.05, 0.1) is 12.9 Å². The first kappa shape index (κ1) is 21.8. The molecule has 150 valence electrons. The minimum absolute atomic E-state index is 0.0436. The fourth-order valence-corrected chi connectivity index (χ4v) is 3.69. The summed E-state index contributed by atoms with van der Waals surface area (Å²) >= 11 is 1.54. The Morgan fingerprint density at radius 1 is 1.14 bits per heavy atom. The number of nitrogens with zero attached hydrogens (tertiary/aromatic N) is 1. The average Bonchev–Trinajstić information content (AvgIpc) is 2.72. The predicted octanol–water partition coefficient (Wildman–Crippen LogP) is 3.40. The van der Waals surface area contributed by atoms with Gasteiger partial charge in [-0.05, 0) is 42.7 Å². The summed E-state index contributed by atoms with van der Waals surface area (Å²) < 4.78 is 5.16. The van der Waals surface area contributed by atoms with Crippen LogP contribution < -0.4 is 10.1 Å². The maximum absolute atomic E-state index is 12.9. The van der Waals surface area contributed by atoms with Gasteiger partial charge < -0.3 is 15.0 Å². The number of benzene rings is 2. The molecule has 5 nitrogen and oxygen atoms in total. The molecular weight excluding hydrogens is 372 g/mol. The summed E-state index contributed by atoms with van der Waals surface area (Å²) in [5, 5.41) is 2.64. The second-order valence-electron chi connectivity index (χ2n) is 6.58. The second kappa shape index (κ2) is 10.8. The van der Waals surface area contributed by atoms with Gasteiger partial charge in [0.2, 0.25) is 11.8 Å². The smallest absolute Gasteiger partial charge is 0.242 e. The summed E-state index contributed by atoms with van der Waals surface area (Å²) in [4.78, 5) is 26.7. The summed E-state index contributed by atoms with van der Waals surface area (Å²) in [5.74, 6) is 1.65. The lowest BCUT2D eigenvalue weighted by molar-refractivity contribution is -0.138. The SMILES string of the molecule is CNC(=O)C(C)N(Cc1ccccc1C)C(=O)CSCc1ccc(OC)cc1. The van der Waals surface area contributed by atoms with Gasteiger partial charge in [-0.2, -0.15) is 0 Å². The molecule has 1 unspecified atom stereocenters. The number of methoxy groups -OCH3 is 1. The maximum Gasteiger partial charge on any atom is 0.242 e. The summed E-state index contributed by atoms with van der Waals surface area (Å²) in [6.45, 7) is 4.20. The molecule has 1 N–H and O–H groups in total. The van der Waals surface area contributed by atoms with Gasteiger partial charge >= 0.3 is 0 Å². The van der Waals surface area contributed by atoms with Crippen LogP contribution in [0.2, 0.25) is 0 Å². The van der Waals surface area contributed by atoms with E-state index in [1.807, 2.05) is 55.5 Å². The zero-order chi connectivity index (χ0) is 20.5. The van der Waals surface area contributed by atoms with Gasteiger partial charge in [0, 0.05) is 19.3 Å². The molecule has 0 bridgehead atoms. The lowest BCUT2D eigenvalue weighted by Crippen LogP contribution is -2.47. The Morgan fingerprint density at radius 2 is 1.82 bits per heavy atom. The number of amides is 2. The van der Waals surface area contributed by atoms with Crippen LogP contribution >= 0.6 is 11.8 Å². The van der Waals surface area contributed by atoms with E-state index in [2.05, 4.69) is 5.32 Å². The van der Waals surface area contributed by atoms with Crippen LogP contribution in [0.25, 0.3) is 0 Å². The first-order valence-electron chi connectivity index (χ1n) is 9.22. The van der Waals surface area contributed by atoms with E-state index in [9.17, 15) is 9.59 Å². The number of hydrogen-bond acceptors (Lipinski definition) is 4. The molecule has 0 aliphatic rings. The molecule has 1 atom stereocenters. The lowest BCUT2D eigenvalue weighted by atomic mass is 10.1. The average molecular weight is 401 g/mol. The molecule has 2 amide bonds. The second-order valence-corrected chi connectivity index (χ2v) is 7.56. The van der Waals surface area contributed by atoms with Gasteiger partial charge in [-0.1, -0.05) is 36.4 Å². The van der Waals surface area contributed by atoms with Crippen LogP contribution in [0.5, 0.6) is 5.75 Å². The number of carbonyl (C=O) groups excluding carboxylic acids is 2. The Labute approximate surface area is 171 Å². The van der Waals surface area contributed by atoms with Gasteiger partial charge in [-0.15, -0.1) is 11.8 Å². The number of thioether (sulfide) groups is 1. The van der Waals surface area contributed by atoms with Gasteiger partial charge in [-0.25, -0.2) is 0 Å². The third-order valence-electron chi connectivity index (χ3n) is 4.67. The van der Waals surface area contributed by atoms with E-state index < -0.39 is 6.04 Å². The van der Waals surface area contributed by atoms with Crippen LogP contribution in [-0.4, -0.2) is 42.7 Å². The van der Waals surface area contributed by atoms with E-state index in [0.29, 0.717) is 12.3 Å². The van der Waals surface area contributed by atoms with Gasteiger partial charge in [0.1, 0.15) is 11.8 Å². The predicted molar refractivity (Wildman–Crippen MR) is 114 cm³/mol. The zero-order valence-electron chi connectivity index (χ0n) is 16.9. The lowest BCUT2D eigenvalue weighted by Gasteiger charge is -2.29. The van der Waals surface area contributed by atoms with E-state index in [1.165, 1.54) is 0 Å². The summed E-state index contributed by atoms with van der Waals surface area (Å²) in [5.41, 5.74) is 3.28. The molecular formula is C22H28N2O3S. The van der Waals surface area contributed by atoms with Crippen LogP contribution in [0, 0.1) is 6.92 Å². The van der Waals surface area contributed by atoms with Crippen molar-refractivity contribution in [2.24, 2.45) is 0 Å². The number of hydrogen-bond donors (Lipinski definition) is 1. The monoisotopic (exact) mass is 400 g/mol. The van der Waals surface area contributed by atoms with Gasteiger partial charge in [0.25, 0.3) is 0 Å². The summed E-state index contributed by atoms with van der Waals surface area (Å²) in [7, 11) is 3.23. The highest BCUT2D eigenvalue weighted by atomic mass is 32.2. The van der Waals surface area contributed by atoms with E-state index in [-0.39, 0.29) is 11.8 Å². The first-order chi connectivity index (χ1) is 13.5. The first-order valence-corrected chi connectivity index (χ1v) is 10.4. The van der Waals surface area contributed by atoms with Crippen molar-refractivity contribution in [2.45, 2.75) is 32.2 Å². The molecule has 6 heteroatoms. The van der Waals surface area contributed by atoms with Crippen molar-refractivity contribution in [1.82, 2.24) is 10.2 Å². The van der Waals surface area contributed by atoms with Crippen molar-refractivity contribution in [3.63, 3.8) is 0 Å². The molecule has 0 saturated heterocycles. The third-order valence-corrected chi connectivity index (χ3v) is 5.66. The minimum Gasteiger partial charge on any atom is -0.497 e. The summed E-state index contributed by atoms with van der Waals surface area (Å²) in [6.07, 6.45) is 0. The van der Waals surface area contributed by atoms with Crippen molar-refractivity contribution in [2.75, 3.05) is 19.9 Å². The number of aryl methyl sites for hydroxylation is 1. The van der Waals surface area contributed by atoms with Gasteiger partial charge in [0.15, 0.2) is 0 Å². The third kappa shape index (κ3) is 6.02. The molecule has 0 aromatic heterocycles. The van der Waals surface area contributed by atoms with E-state index in [4.69, 9.17) is 4.74 Å². The van der Waals surface area contributed by atoms with Crippen LogP contribution in [0.3, 0.4) is 0 Å². The highest BCUT2D eigenvalue weighted by Gasteiger charge is 2.25. The van der Waals surface area contributed by atoms with Crippen molar-refractivity contribution in [3.05, 3.63) is 65.2 Å². The normalized spacial score (nSPS) is 11.6. The molecule has 0 aliphatic carbocycles. The number of ether oxygens (including phenoxy) is 1. The Balaban J connectivity index is 2.03. The minimum atomic E-state index is -0.529. The molecule has 0 saturated carbocycles. The molecule has 2 aromatic carbocycles. The quantitative estimate of drug-likeness (QED) is 0.701. The molecule has 0 aliphatic heterocycles. The van der Waals surface area contributed by atoms with Crippen LogP contribution in [0.1, 0.15) is 23.6 Å². The molecule has 0 fully saturated rings. The molecule has 0 radical (unpaired) electrons. The highest BCUT2D eigenvalue weighted by Crippen LogP contribution is 2.19. The molecule has 2 aromatic rings. The standard InChI is InChI=1S/C22H28N2O3S/c1-16-7-5-6-8-19(16)13-24(17(2)22(26)23-3)21(25)15-28-14-18-9-11-20(27-4)12-10-18/h5-12,17H,13-15H2,1-4H3,(H,23,26). The Bertz CT molecular complexity index is 793. The van der Waals surface area contributed by atoms with Crippen molar-refractivity contribution < 1.29 is 14.3 Å². The number of nitrogens with one attached hydrogen (secondary N) is 1. The topological polar surface area (TPSA) is 58.6 Å². The van der Waals surface area contributed by atoms with Crippen molar-refractivity contribution in [3.8, 4) is 5.75 Å². The molecule has 2 rings (SSSR count). The van der Waals surface area contributed by atoms with E-state index >= 15 is 0 Å². The molecule has 0 heterocycles. The fraction of sp³-hybridized carbons (Fsp3) is 0.364. The van der Waals surface area contributed by atoms with Crippen LogP contribution in [0.15, 0.2) is 48.5 Å².